The maximum atomic E-state index is 12.3. The van der Waals surface area contributed by atoms with Crippen molar-refractivity contribution in [3.63, 3.8) is 0 Å². The van der Waals surface area contributed by atoms with Gasteiger partial charge in [-0.05, 0) is 18.6 Å². The molecule has 0 aliphatic carbocycles. The molecule has 0 radical (unpaired) electrons. The van der Waals surface area contributed by atoms with Gasteiger partial charge >= 0.3 is 5.69 Å². The minimum atomic E-state index is -0.533. The van der Waals surface area contributed by atoms with E-state index in [1.807, 2.05) is 6.92 Å². The second kappa shape index (κ2) is 10.4. The van der Waals surface area contributed by atoms with Gasteiger partial charge in [0.05, 0.1) is 19.8 Å². The highest BCUT2D eigenvalue weighted by Crippen LogP contribution is 2.15. The summed E-state index contributed by atoms with van der Waals surface area (Å²) in [4.78, 5) is 29.7. The highest BCUT2D eigenvalue weighted by atomic mass is 32.1. The predicted molar refractivity (Wildman–Crippen MR) is 111 cm³/mol. The third kappa shape index (κ3) is 5.78. The van der Waals surface area contributed by atoms with E-state index in [0.717, 1.165) is 52.1 Å². The van der Waals surface area contributed by atoms with Crippen LogP contribution in [0.25, 0.3) is 0 Å². The van der Waals surface area contributed by atoms with E-state index in [0.29, 0.717) is 18.2 Å². The standard InChI is InChI=1S/C17H30N6O3S/c1-3-4-8-23-14(18)13(15(24)20-16(23)25)21(2)17(27)19-6-5-7-22-9-11-26-12-10-22/h3-12,18H2,1-2H3,(H,19,27)(H,20,24,25)/p+1. The van der Waals surface area contributed by atoms with Crippen molar-refractivity contribution in [2.45, 2.75) is 32.7 Å². The van der Waals surface area contributed by atoms with Crippen molar-refractivity contribution in [1.82, 2.24) is 14.9 Å². The number of aromatic nitrogens is 2. The second-order valence-electron chi connectivity index (χ2n) is 6.76. The Morgan fingerprint density at radius 1 is 1.37 bits per heavy atom. The summed E-state index contributed by atoms with van der Waals surface area (Å²) in [5, 5.41) is 3.58. The summed E-state index contributed by atoms with van der Waals surface area (Å²) >= 11 is 5.40. The van der Waals surface area contributed by atoms with Crippen LogP contribution < -0.4 is 32.1 Å². The smallest absolute Gasteiger partial charge is 0.330 e. The minimum absolute atomic E-state index is 0.140. The van der Waals surface area contributed by atoms with E-state index < -0.39 is 11.2 Å². The summed E-state index contributed by atoms with van der Waals surface area (Å²) in [7, 11) is 1.68. The molecule has 27 heavy (non-hydrogen) atoms. The van der Waals surface area contributed by atoms with E-state index in [1.54, 1.807) is 7.05 Å². The van der Waals surface area contributed by atoms with E-state index >= 15 is 0 Å². The molecule has 0 spiro atoms. The Bertz CT molecular complexity index is 741. The lowest BCUT2D eigenvalue weighted by Crippen LogP contribution is -3.14. The predicted octanol–water partition coefficient (Wildman–Crippen LogP) is -1.47. The van der Waals surface area contributed by atoms with Crippen LogP contribution in [-0.2, 0) is 11.3 Å². The first-order valence-corrected chi connectivity index (χ1v) is 9.92. The molecule has 1 fully saturated rings. The van der Waals surface area contributed by atoms with Gasteiger partial charge in [0.15, 0.2) is 5.11 Å². The fraction of sp³-hybridized carbons (Fsp3) is 0.706. The quantitative estimate of drug-likeness (QED) is 0.312. The number of nitrogens with zero attached hydrogens (tertiary/aromatic N) is 2. The molecular weight excluding hydrogens is 368 g/mol. The van der Waals surface area contributed by atoms with Gasteiger partial charge in [-0.3, -0.25) is 14.3 Å². The summed E-state index contributed by atoms with van der Waals surface area (Å²) < 4.78 is 6.75. The Morgan fingerprint density at radius 2 is 2.07 bits per heavy atom. The number of aromatic amines is 1. The zero-order valence-electron chi connectivity index (χ0n) is 16.2. The van der Waals surface area contributed by atoms with Crippen molar-refractivity contribution in [2.75, 3.05) is 57.1 Å². The third-order valence-corrected chi connectivity index (χ3v) is 5.19. The third-order valence-electron chi connectivity index (χ3n) is 4.77. The van der Waals surface area contributed by atoms with Gasteiger partial charge in [-0.25, -0.2) is 4.79 Å². The first-order valence-electron chi connectivity index (χ1n) is 9.51. The average Bonchev–Trinajstić information content (AvgIpc) is 2.65. The molecule has 0 amide bonds. The van der Waals surface area contributed by atoms with Gasteiger partial charge in [0.25, 0.3) is 5.56 Å². The molecule has 10 heteroatoms. The Labute approximate surface area is 164 Å². The zero-order chi connectivity index (χ0) is 19.8. The molecule has 1 aromatic rings. The van der Waals surface area contributed by atoms with E-state index in [9.17, 15) is 9.59 Å². The molecular formula is C17H31N6O3S+. The lowest BCUT2D eigenvalue weighted by atomic mass is 10.3. The molecule has 1 aromatic heterocycles. The molecule has 2 rings (SSSR count). The fourth-order valence-electron chi connectivity index (χ4n) is 3.10. The number of nitrogen functional groups attached to an aromatic ring is 1. The monoisotopic (exact) mass is 399 g/mol. The van der Waals surface area contributed by atoms with Crippen molar-refractivity contribution in [1.29, 1.82) is 0 Å². The molecule has 152 valence electrons. The van der Waals surface area contributed by atoms with Gasteiger partial charge in [-0.15, -0.1) is 0 Å². The molecule has 0 saturated carbocycles. The Morgan fingerprint density at radius 3 is 2.74 bits per heavy atom. The van der Waals surface area contributed by atoms with Crippen LogP contribution in [0.4, 0.5) is 11.5 Å². The number of unbranched alkanes of at least 4 members (excludes halogenated alkanes) is 1. The molecule has 5 N–H and O–H groups in total. The summed E-state index contributed by atoms with van der Waals surface area (Å²) in [5.41, 5.74) is 5.29. The molecule has 0 unspecified atom stereocenters. The number of ether oxygens (including phenoxy) is 1. The van der Waals surface area contributed by atoms with Crippen LogP contribution in [0.3, 0.4) is 0 Å². The van der Waals surface area contributed by atoms with Gasteiger partial charge in [0.1, 0.15) is 24.6 Å². The molecule has 9 nitrogen and oxygen atoms in total. The van der Waals surface area contributed by atoms with Crippen LogP contribution >= 0.6 is 12.2 Å². The first-order chi connectivity index (χ1) is 13.0. The highest BCUT2D eigenvalue weighted by molar-refractivity contribution is 7.80. The molecule has 0 bridgehead atoms. The summed E-state index contributed by atoms with van der Waals surface area (Å²) in [6.45, 7) is 7.96. The number of hydrogen-bond acceptors (Lipinski definition) is 5. The number of thiocarbonyl (C=S) groups is 1. The number of H-pyrrole nitrogens is 1. The number of rotatable bonds is 8. The van der Waals surface area contributed by atoms with Crippen LogP contribution in [0.2, 0.25) is 0 Å². The maximum absolute atomic E-state index is 12.3. The number of morpholine rings is 1. The van der Waals surface area contributed by atoms with Crippen molar-refractivity contribution in [2.24, 2.45) is 0 Å². The first kappa shape index (κ1) is 21.4. The van der Waals surface area contributed by atoms with E-state index in [2.05, 4.69) is 10.3 Å². The topological polar surface area (TPSA) is 110 Å². The fourth-order valence-corrected chi connectivity index (χ4v) is 3.30. The normalized spacial score (nSPS) is 14.9. The summed E-state index contributed by atoms with van der Waals surface area (Å²) in [6, 6.07) is 0. The minimum Gasteiger partial charge on any atom is -0.383 e. The number of hydrogen-bond donors (Lipinski definition) is 4. The second-order valence-corrected chi connectivity index (χ2v) is 7.14. The van der Waals surface area contributed by atoms with Gasteiger partial charge in [-0.2, -0.15) is 0 Å². The lowest BCUT2D eigenvalue weighted by molar-refractivity contribution is -0.908. The molecule has 1 aliphatic heterocycles. The van der Waals surface area contributed by atoms with Gasteiger partial charge in [0, 0.05) is 26.6 Å². The number of quaternary nitrogens is 1. The maximum Gasteiger partial charge on any atom is 0.330 e. The van der Waals surface area contributed by atoms with Gasteiger partial charge in [0.2, 0.25) is 0 Å². The van der Waals surface area contributed by atoms with Gasteiger partial charge < -0.3 is 25.6 Å². The molecule has 1 aliphatic rings. The van der Waals surface area contributed by atoms with E-state index in [4.69, 9.17) is 22.7 Å². The number of nitrogens with one attached hydrogen (secondary N) is 3. The Kier molecular flexibility index (Phi) is 8.26. The van der Waals surface area contributed by atoms with Crippen LogP contribution in [0.5, 0.6) is 0 Å². The van der Waals surface area contributed by atoms with Gasteiger partial charge in [-0.1, -0.05) is 13.3 Å². The Balaban J connectivity index is 1.96. The van der Waals surface area contributed by atoms with Crippen molar-refractivity contribution in [3.05, 3.63) is 20.8 Å². The van der Waals surface area contributed by atoms with Crippen LogP contribution in [-0.4, -0.2) is 61.1 Å². The average molecular weight is 400 g/mol. The van der Waals surface area contributed by atoms with E-state index in [1.165, 1.54) is 14.4 Å². The summed E-state index contributed by atoms with van der Waals surface area (Å²) in [5.74, 6) is 0.140. The molecule has 2 heterocycles. The zero-order valence-corrected chi connectivity index (χ0v) is 17.0. The van der Waals surface area contributed by atoms with Crippen LogP contribution in [0.1, 0.15) is 26.2 Å². The Hall–Kier alpha value is -1.91. The van der Waals surface area contributed by atoms with Crippen molar-refractivity contribution in [3.8, 4) is 0 Å². The van der Waals surface area contributed by atoms with Crippen LogP contribution in [0.15, 0.2) is 9.59 Å². The summed E-state index contributed by atoms with van der Waals surface area (Å²) in [6.07, 6.45) is 2.68. The highest BCUT2D eigenvalue weighted by Gasteiger charge is 2.19. The lowest BCUT2D eigenvalue weighted by Gasteiger charge is -2.25. The molecule has 1 saturated heterocycles. The molecule has 0 aromatic carbocycles. The van der Waals surface area contributed by atoms with Crippen molar-refractivity contribution >= 4 is 28.8 Å². The van der Waals surface area contributed by atoms with Crippen molar-refractivity contribution < 1.29 is 9.64 Å². The molecule has 0 atom stereocenters. The van der Waals surface area contributed by atoms with Crippen LogP contribution in [0, 0.1) is 0 Å². The number of nitrogens with two attached hydrogens (primary N) is 1. The largest absolute Gasteiger partial charge is 0.383 e. The van der Waals surface area contributed by atoms with E-state index in [-0.39, 0.29) is 11.5 Å². The SMILES string of the molecule is CCCCn1c(N)c(N(C)C(=S)NCCC[NH+]2CCOCC2)c(=O)[nH]c1=O. The number of anilines is 2.